The Kier molecular flexibility index (Phi) is 3.88. The molecule has 114 valence electrons. The molecule has 0 aliphatic rings. The summed E-state index contributed by atoms with van der Waals surface area (Å²) in [7, 11) is -4.05. The van der Waals surface area contributed by atoms with E-state index in [1.54, 1.807) is 13.0 Å². The molecule has 0 fully saturated rings. The third-order valence-corrected chi connectivity index (χ3v) is 4.35. The van der Waals surface area contributed by atoms with Gasteiger partial charge in [-0.2, -0.15) is 0 Å². The monoisotopic (exact) mass is 314 g/mol. The van der Waals surface area contributed by atoms with E-state index < -0.39 is 16.0 Å². The number of carboxylic acids is 1. The van der Waals surface area contributed by atoms with Gasteiger partial charge in [-0.25, -0.2) is 17.9 Å². The molecule has 0 aromatic carbocycles. The molecule has 9 heteroatoms. The van der Waals surface area contributed by atoms with Crippen LogP contribution in [0.25, 0.3) is 0 Å². The van der Waals surface area contributed by atoms with Crippen molar-refractivity contribution in [2.45, 2.75) is 32.2 Å². The molecule has 2 N–H and O–H groups in total. The summed E-state index contributed by atoms with van der Waals surface area (Å²) in [5.41, 5.74) is 0.250. The molecule has 0 atom stereocenters. The zero-order valence-corrected chi connectivity index (χ0v) is 12.4. The molecular weight excluding hydrogens is 300 g/mol. The van der Waals surface area contributed by atoms with Crippen LogP contribution in [0.1, 0.15) is 33.3 Å². The van der Waals surface area contributed by atoms with Crippen LogP contribution in [0.3, 0.4) is 0 Å². The van der Waals surface area contributed by atoms with Gasteiger partial charge in [0.05, 0.1) is 12.2 Å². The quantitative estimate of drug-likeness (QED) is 0.854. The molecule has 0 saturated carbocycles. The number of hydrogen-bond donors (Lipinski definition) is 2. The van der Waals surface area contributed by atoms with Gasteiger partial charge >= 0.3 is 5.97 Å². The Hall–Kier alpha value is -2.13. The van der Waals surface area contributed by atoms with Crippen molar-refractivity contribution >= 4 is 16.0 Å². The van der Waals surface area contributed by atoms with Crippen LogP contribution in [0.4, 0.5) is 0 Å². The van der Waals surface area contributed by atoms with E-state index in [1.807, 2.05) is 0 Å². The van der Waals surface area contributed by atoms with Crippen LogP contribution in [0.5, 0.6) is 0 Å². The van der Waals surface area contributed by atoms with Crippen molar-refractivity contribution in [2.24, 2.45) is 0 Å². The van der Waals surface area contributed by atoms with E-state index in [4.69, 9.17) is 14.0 Å². The molecule has 0 radical (unpaired) electrons. The van der Waals surface area contributed by atoms with Crippen LogP contribution in [0.2, 0.25) is 0 Å². The smallest absolute Gasteiger partial charge is 0.340 e. The lowest BCUT2D eigenvalue weighted by Crippen LogP contribution is -2.25. The Bertz CT molecular complexity index is 787. The van der Waals surface area contributed by atoms with E-state index in [-0.39, 0.29) is 28.5 Å². The maximum Gasteiger partial charge on any atom is 0.340 e. The van der Waals surface area contributed by atoms with Crippen LogP contribution in [-0.2, 0) is 16.6 Å². The van der Waals surface area contributed by atoms with E-state index in [0.29, 0.717) is 11.5 Å². The topological polar surface area (TPSA) is 123 Å². The number of nitrogens with one attached hydrogen (secondary N) is 1. The van der Waals surface area contributed by atoms with Crippen molar-refractivity contribution in [2.75, 3.05) is 0 Å². The third kappa shape index (κ3) is 2.98. The molecule has 0 amide bonds. The Morgan fingerprint density at radius 1 is 1.33 bits per heavy atom. The first-order valence-corrected chi connectivity index (χ1v) is 7.46. The maximum absolute atomic E-state index is 12.3. The molecule has 0 aliphatic carbocycles. The Labute approximate surface area is 120 Å². The number of hydrogen-bond acceptors (Lipinski definition) is 6. The number of sulfonamides is 1. The van der Waals surface area contributed by atoms with Crippen molar-refractivity contribution in [1.29, 1.82) is 0 Å². The fourth-order valence-corrected chi connectivity index (χ4v) is 3.37. The highest BCUT2D eigenvalue weighted by molar-refractivity contribution is 7.89. The van der Waals surface area contributed by atoms with Crippen LogP contribution >= 0.6 is 0 Å². The molecule has 2 aromatic rings. The third-order valence-electron chi connectivity index (χ3n) is 2.80. The van der Waals surface area contributed by atoms with E-state index in [1.165, 1.54) is 13.8 Å². The first-order chi connectivity index (χ1) is 9.72. The first kappa shape index (κ1) is 15.3. The first-order valence-electron chi connectivity index (χ1n) is 5.97. The van der Waals surface area contributed by atoms with Crippen molar-refractivity contribution < 1.29 is 27.3 Å². The molecule has 0 saturated heterocycles. The zero-order valence-electron chi connectivity index (χ0n) is 11.6. The van der Waals surface area contributed by atoms with E-state index in [2.05, 4.69) is 9.88 Å². The van der Waals surface area contributed by atoms with Gasteiger partial charge in [0.2, 0.25) is 10.0 Å². The summed E-state index contributed by atoms with van der Waals surface area (Å²) in [5.74, 6) is -0.979. The van der Waals surface area contributed by atoms with Gasteiger partial charge < -0.3 is 14.0 Å². The SMILES string of the molecule is Cc1cc(CNS(=O)(=O)c2c(C)oc(C)c2C(=O)O)on1. The maximum atomic E-state index is 12.3. The number of rotatable bonds is 5. The average molecular weight is 314 g/mol. The molecule has 8 nitrogen and oxygen atoms in total. The number of nitrogens with zero attached hydrogens (tertiary/aromatic N) is 1. The highest BCUT2D eigenvalue weighted by atomic mass is 32.2. The molecule has 0 unspecified atom stereocenters. The van der Waals surface area contributed by atoms with Gasteiger partial charge in [0.1, 0.15) is 22.0 Å². The summed E-state index contributed by atoms with van der Waals surface area (Å²) in [5, 5.41) is 12.8. The summed E-state index contributed by atoms with van der Waals surface area (Å²) >= 11 is 0. The zero-order chi connectivity index (χ0) is 15.8. The van der Waals surface area contributed by atoms with E-state index in [0.717, 1.165) is 0 Å². The average Bonchev–Trinajstić information content (AvgIpc) is 2.90. The molecule has 2 heterocycles. The highest BCUT2D eigenvalue weighted by Gasteiger charge is 2.30. The van der Waals surface area contributed by atoms with Crippen LogP contribution in [-0.4, -0.2) is 24.7 Å². The Balaban J connectivity index is 2.34. The number of carbonyl (C=O) groups is 1. The van der Waals surface area contributed by atoms with Gasteiger partial charge in [-0.05, 0) is 20.8 Å². The lowest BCUT2D eigenvalue weighted by atomic mass is 10.2. The van der Waals surface area contributed by atoms with Crippen LogP contribution < -0.4 is 4.72 Å². The predicted octanol–water partition coefficient (Wildman–Crippen LogP) is 1.37. The summed E-state index contributed by atoms with van der Waals surface area (Å²) in [6.45, 7) is 4.36. The fraction of sp³-hybridized carbons (Fsp3) is 0.333. The Morgan fingerprint density at radius 3 is 2.52 bits per heavy atom. The largest absolute Gasteiger partial charge is 0.478 e. The molecule has 2 aromatic heterocycles. The van der Waals surface area contributed by atoms with E-state index in [9.17, 15) is 13.2 Å². The van der Waals surface area contributed by atoms with Crippen molar-refractivity contribution in [1.82, 2.24) is 9.88 Å². The molecule has 0 bridgehead atoms. The van der Waals surface area contributed by atoms with Gasteiger partial charge in [0.15, 0.2) is 5.76 Å². The Morgan fingerprint density at radius 2 is 2.00 bits per heavy atom. The normalized spacial score (nSPS) is 11.8. The standard InChI is InChI=1S/C12H14N2O6S/c1-6-4-9(20-14-6)5-13-21(17,18)11-8(3)19-7(2)10(11)12(15)16/h4,13H,5H2,1-3H3,(H,15,16). The summed E-state index contributed by atoms with van der Waals surface area (Å²) in [6, 6.07) is 1.58. The molecule has 2 rings (SSSR count). The predicted molar refractivity (Wildman–Crippen MR) is 70.4 cm³/mol. The molecule has 21 heavy (non-hydrogen) atoms. The highest BCUT2D eigenvalue weighted by Crippen LogP contribution is 2.26. The van der Waals surface area contributed by atoms with Crippen molar-refractivity contribution in [3.8, 4) is 0 Å². The number of furan rings is 1. The second-order valence-corrected chi connectivity index (χ2v) is 6.19. The van der Waals surface area contributed by atoms with Gasteiger partial charge in [0, 0.05) is 6.07 Å². The number of aryl methyl sites for hydroxylation is 3. The second kappa shape index (κ2) is 5.34. The molecule has 0 spiro atoms. The van der Waals surface area contributed by atoms with Crippen molar-refractivity contribution in [3.05, 3.63) is 34.6 Å². The van der Waals surface area contributed by atoms with E-state index >= 15 is 0 Å². The number of carboxylic acid groups (broad SMARTS) is 1. The minimum atomic E-state index is -4.05. The minimum absolute atomic E-state index is 0.0196. The van der Waals surface area contributed by atoms with Gasteiger partial charge in [-0.3, -0.25) is 0 Å². The summed E-state index contributed by atoms with van der Waals surface area (Å²) < 4.78 is 36.8. The lowest BCUT2D eigenvalue weighted by Gasteiger charge is -2.05. The van der Waals surface area contributed by atoms with Crippen LogP contribution in [0.15, 0.2) is 19.9 Å². The van der Waals surface area contributed by atoms with Gasteiger partial charge in [0.25, 0.3) is 0 Å². The minimum Gasteiger partial charge on any atom is -0.478 e. The lowest BCUT2D eigenvalue weighted by molar-refractivity contribution is 0.0691. The summed E-state index contributed by atoms with van der Waals surface area (Å²) in [4.78, 5) is 10.8. The second-order valence-electron chi connectivity index (χ2n) is 4.48. The number of aromatic nitrogens is 1. The van der Waals surface area contributed by atoms with Gasteiger partial charge in [-0.15, -0.1) is 0 Å². The van der Waals surface area contributed by atoms with Crippen molar-refractivity contribution in [3.63, 3.8) is 0 Å². The van der Waals surface area contributed by atoms with Gasteiger partial charge in [-0.1, -0.05) is 5.16 Å². The molecular formula is C12H14N2O6S. The summed E-state index contributed by atoms with van der Waals surface area (Å²) in [6.07, 6.45) is 0. The number of aromatic carboxylic acids is 1. The molecule has 0 aliphatic heterocycles. The van der Waals surface area contributed by atoms with Crippen LogP contribution in [0, 0.1) is 20.8 Å². The fourth-order valence-electron chi connectivity index (χ4n) is 1.97.